The molecule has 1 atom stereocenters. The molecule has 0 aliphatic carbocycles. The summed E-state index contributed by atoms with van der Waals surface area (Å²) in [5.41, 5.74) is 1.29. The van der Waals surface area contributed by atoms with E-state index >= 15 is 0 Å². The van der Waals surface area contributed by atoms with Crippen LogP contribution in [0.5, 0.6) is 0 Å². The van der Waals surface area contributed by atoms with Gasteiger partial charge >= 0.3 is 0 Å². The molecule has 4 nitrogen and oxygen atoms in total. The third kappa shape index (κ3) is 6.46. The summed E-state index contributed by atoms with van der Waals surface area (Å²) in [6.45, 7) is 5.63. The van der Waals surface area contributed by atoms with Crippen molar-refractivity contribution in [1.82, 2.24) is 10.2 Å². The third-order valence-electron chi connectivity index (χ3n) is 4.70. The Hall–Kier alpha value is -1.36. The molecule has 2 amide bonds. The van der Waals surface area contributed by atoms with Gasteiger partial charge in [0.15, 0.2) is 0 Å². The average molecular weight is 409 g/mol. The van der Waals surface area contributed by atoms with Gasteiger partial charge in [-0.05, 0) is 55.7 Å². The van der Waals surface area contributed by atoms with E-state index in [9.17, 15) is 9.59 Å². The number of rotatable bonds is 8. The minimum Gasteiger partial charge on any atom is -0.344 e. The van der Waals surface area contributed by atoms with E-state index in [1.165, 1.54) is 5.56 Å². The number of aryl methyl sites for hydroxylation is 1. The van der Waals surface area contributed by atoms with Crippen LogP contribution in [0.2, 0.25) is 0 Å². The summed E-state index contributed by atoms with van der Waals surface area (Å²) >= 11 is 3.43. The van der Waals surface area contributed by atoms with Gasteiger partial charge in [-0.2, -0.15) is 0 Å². The van der Waals surface area contributed by atoms with Gasteiger partial charge < -0.3 is 10.2 Å². The normalized spacial score (nSPS) is 15.4. The number of halogens is 1. The van der Waals surface area contributed by atoms with E-state index in [0.29, 0.717) is 6.42 Å². The number of hydrogen-bond acceptors (Lipinski definition) is 2. The Kier molecular flexibility index (Phi) is 7.94. The molecule has 1 fully saturated rings. The lowest BCUT2D eigenvalue weighted by Crippen LogP contribution is -2.50. The summed E-state index contributed by atoms with van der Waals surface area (Å²) in [5, 5.41) is 2.96. The number of carbonyl (C=O) groups excluding carboxylic acids is 2. The zero-order valence-electron chi connectivity index (χ0n) is 15.3. The molecule has 0 radical (unpaired) electrons. The lowest BCUT2D eigenvalue weighted by Gasteiger charge is -2.26. The molecular weight excluding hydrogens is 380 g/mol. The molecular formula is C20H29BrN2O2. The molecule has 0 bridgehead atoms. The summed E-state index contributed by atoms with van der Waals surface area (Å²) in [5.74, 6) is 0.178. The molecule has 0 unspecified atom stereocenters. The van der Waals surface area contributed by atoms with Crippen molar-refractivity contribution in [3.8, 4) is 0 Å². The Morgan fingerprint density at radius 2 is 1.76 bits per heavy atom. The Labute approximate surface area is 159 Å². The van der Waals surface area contributed by atoms with Gasteiger partial charge in [0.05, 0.1) is 0 Å². The van der Waals surface area contributed by atoms with Crippen LogP contribution < -0.4 is 5.32 Å². The molecule has 1 aliphatic rings. The lowest BCUT2D eigenvalue weighted by atomic mass is 10.0. The van der Waals surface area contributed by atoms with Crippen LogP contribution in [0.1, 0.15) is 51.5 Å². The van der Waals surface area contributed by atoms with E-state index in [-0.39, 0.29) is 17.7 Å². The second-order valence-electron chi connectivity index (χ2n) is 7.16. The van der Waals surface area contributed by atoms with Crippen LogP contribution in [-0.4, -0.2) is 35.8 Å². The number of hydrogen-bond donors (Lipinski definition) is 1. The number of nitrogens with one attached hydrogen (secondary N) is 1. The van der Waals surface area contributed by atoms with Gasteiger partial charge in [-0.1, -0.05) is 41.9 Å². The minimum absolute atomic E-state index is 0.0120. The number of unbranched alkanes of at least 4 members (excludes halogenated alkanes) is 1. The summed E-state index contributed by atoms with van der Waals surface area (Å²) in [4.78, 5) is 26.7. The molecule has 1 aromatic carbocycles. The van der Waals surface area contributed by atoms with Crippen LogP contribution in [0.4, 0.5) is 0 Å². The Morgan fingerprint density at radius 3 is 2.36 bits per heavy atom. The molecule has 0 spiro atoms. The van der Waals surface area contributed by atoms with E-state index in [2.05, 4.69) is 33.4 Å². The SMILES string of the molecule is CC(C)[C@H](NC(=O)CCCCc1ccc(Br)cc1)C(=O)N1CCCC1. The zero-order chi connectivity index (χ0) is 18.2. The topological polar surface area (TPSA) is 49.4 Å². The highest BCUT2D eigenvalue weighted by atomic mass is 79.9. The van der Waals surface area contributed by atoms with Gasteiger partial charge in [0.25, 0.3) is 0 Å². The maximum Gasteiger partial charge on any atom is 0.245 e. The summed E-state index contributed by atoms with van der Waals surface area (Å²) in [6.07, 6.45) is 5.40. The smallest absolute Gasteiger partial charge is 0.245 e. The standard InChI is InChI=1S/C20H29BrN2O2/c1-15(2)19(20(25)23-13-5-6-14-23)22-18(24)8-4-3-7-16-9-11-17(21)12-10-16/h9-12,15,19H,3-8,13-14H2,1-2H3,(H,22,24)/t19-/m0/s1. The number of carbonyl (C=O) groups is 2. The molecule has 25 heavy (non-hydrogen) atoms. The molecule has 2 rings (SSSR count). The second kappa shape index (κ2) is 9.95. The molecule has 0 saturated carbocycles. The molecule has 1 aromatic rings. The number of benzene rings is 1. The quantitative estimate of drug-likeness (QED) is 0.662. The predicted octanol–water partition coefficient (Wildman–Crippen LogP) is 3.93. The van der Waals surface area contributed by atoms with Gasteiger partial charge in [-0.25, -0.2) is 0 Å². The van der Waals surface area contributed by atoms with Crippen molar-refractivity contribution in [1.29, 1.82) is 0 Å². The summed E-state index contributed by atoms with van der Waals surface area (Å²) in [7, 11) is 0. The van der Waals surface area contributed by atoms with E-state index in [1.807, 2.05) is 30.9 Å². The summed E-state index contributed by atoms with van der Waals surface area (Å²) < 4.78 is 1.08. The monoisotopic (exact) mass is 408 g/mol. The highest BCUT2D eigenvalue weighted by molar-refractivity contribution is 9.10. The fourth-order valence-electron chi connectivity index (χ4n) is 3.16. The van der Waals surface area contributed by atoms with Crippen molar-refractivity contribution >= 4 is 27.7 Å². The van der Waals surface area contributed by atoms with Crippen LogP contribution >= 0.6 is 15.9 Å². The van der Waals surface area contributed by atoms with Crippen molar-refractivity contribution in [3.63, 3.8) is 0 Å². The molecule has 5 heteroatoms. The first-order chi connectivity index (χ1) is 12.0. The molecule has 0 aromatic heterocycles. The van der Waals surface area contributed by atoms with Gasteiger partial charge in [0.2, 0.25) is 11.8 Å². The molecule has 1 N–H and O–H groups in total. The molecule has 1 heterocycles. The van der Waals surface area contributed by atoms with Crippen LogP contribution in [-0.2, 0) is 16.0 Å². The van der Waals surface area contributed by atoms with Crippen molar-refractivity contribution in [3.05, 3.63) is 34.3 Å². The fourth-order valence-corrected chi connectivity index (χ4v) is 3.42. The highest BCUT2D eigenvalue weighted by Gasteiger charge is 2.29. The van der Waals surface area contributed by atoms with Crippen molar-refractivity contribution in [2.24, 2.45) is 5.92 Å². The second-order valence-corrected chi connectivity index (χ2v) is 8.07. The Morgan fingerprint density at radius 1 is 1.12 bits per heavy atom. The number of amides is 2. The number of likely N-dealkylation sites (tertiary alicyclic amines) is 1. The van der Waals surface area contributed by atoms with E-state index in [1.54, 1.807) is 0 Å². The first kappa shape index (κ1) is 20.0. The van der Waals surface area contributed by atoms with Gasteiger partial charge in [0, 0.05) is 24.0 Å². The maximum atomic E-state index is 12.6. The lowest BCUT2D eigenvalue weighted by molar-refractivity contribution is -0.136. The van der Waals surface area contributed by atoms with E-state index < -0.39 is 6.04 Å². The zero-order valence-corrected chi connectivity index (χ0v) is 16.8. The first-order valence-electron chi connectivity index (χ1n) is 9.30. The van der Waals surface area contributed by atoms with Crippen molar-refractivity contribution in [2.45, 2.75) is 58.4 Å². The molecule has 1 saturated heterocycles. The fraction of sp³-hybridized carbons (Fsp3) is 0.600. The number of nitrogens with zero attached hydrogens (tertiary/aromatic N) is 1. The van der Waals surface area contributed by atoms with E-state index in [4.69, 9.17) is 0 Å². The molecule has 1 aliphatic heterocycles. The van der Waals surface area contributed by atoms with Crippen molar-refractivity contribution in [2.75, 3.05) is 13.1 Å². The summed E-state index contributed by atoms with van der Waals surface area (Å²) in [6, 6.07) is 7.90. The Balaban J connectivity index is 1.73. The van der Waals surface area contributed by atoms with Gasteiger partial charge in [-0.15, -0.1) is 0 Å². The van der Waals surface area contributed by atoms with Crippen LogP contribution in [0.3, 0.4) is 0 Å². The van der Waals surface area contributed by atoms with Crippen LogP contribution in [0, 0.1) is 5.92 Å². The van der Waals surface area contributed by atoms with Gasteiger partial charge in [-0.3, -0.25) is 9.59 Å². The minimum atomic E-state index is -0.392. The van der Waals surface area contributed by atoms with E-state index in [0.717, 1.165) is 49.7 Å². The van der Waals surface area contributed by atoms with Gasteiger partial charge in [0.1, 0.15) is 6.04 Å². The van der Waals surface area contributed by atoms with Crippen LogP contribution in [0.15, 0.2) is 28.7 Å². The first-order valence-corrected chi connectivity index (χ1v) is 10.1. The highest BCUT2D eigenvalue weighted by Crippen LogP contribution is 2.15. The predicted molar refractivity (Wildman–Crippen MR) is 104 cm³/mol. The Bertz CT molecular complexity index is 566. The maximum absolute atomic E-state index is 12.6. The van der Waals surface area contributed by atoms with Crippen molar-refractivity contribution < 1.29 is 9.59 Å². The van der Waals surface area contributed by atoms with Crippen LogP contribution in [0.25, 0.3) is 0 Å². The third-order valence-corrected chi connectivity index (χ3v) is 5.23. The largest absolute Gasteiger partial charge is 0.344 e. The molecule has 138 valence electrons. The average Bonchev–Trinajstić information content (AvgIpc) is 3.12.